The zero-order valence-corrected chi connectivity index (χ0v) is 27.7. The van der Waals surface area contributed by atoms with E-state index in [-0.39, 0.29) is 5.41 Å². The minimum atomic E-state index is -5.08. The Balaban J connectivity index is 0.000000365. The number of aliphatic carboxylic acids is 3. The first-order valence-electron chi connectivity index (χ1n) is 15.0. The highest BCUT2D eigenvalue weighted by Crippen LogP contribution is 2.43. The molecule has 0 saturated carbocycles. The third-order valence-electron chi connectivity index (χ3n) is 7.50. The molecule has 2 aliphatic heterocycles. The van der Waals surface area contributed by atoms with Crippen LogP contribution in [-0.4, -0.2) is 101 Å². The van der Waals surface area contributed by atoms with Crippen LogP contribution in [0.4, 0.5) is 45.5 Å². The van der Waals surface area contributed by atoms with Gasteiger partial charge in [0.2, 0.25) is 5.95 Å². The summed E-state index contributed by atoms with van der Waals surface area (Å²) in [6, 6.07) is 8.47. The Labute approximate surface area is 289 Å². The minimum absolute atomic E-state index is 0.0680. The average Bonchev–Trinajstić information content (AvgIpc) is 3.38. The molecular formula is C30H34F9N7O6. The van der Waals surface area contributed by atoms with Crippen molar-refractivity contribution in [2.45, 2.75) is 76.7 Å². The number of nitrogens with zero attached hydrogens (tertiary/aromatic N) is 7. The molecule has 22 heteroatoms. The molecule has 0 aliphatic carbocycles. The smallest absolute Gasteiger partial charge is 0.475 e. The summed E-state index contributed by atoms with van der Waals surface area (Å²) in [5, 5.41) is 21.4. The Bertz CT molecular complexity index is 1570. The van der Waals surface area contributed by atoms with Gasteiger partial charge in [-0.1, -0.05) is 6.07 Å². The quantitative estimate of drug-likeness (QED) is 0.289. The number of hydrogen-bond donors (Lipinski definition) is 3. The van der Waals surface area contributed by atoms with Gasteiger partial charge in [-0.25, -0.2) is 29.3 Å². The lowest BCUT2D eigenvalue weighted by atomic mass is 9.72. The van der Waals surface area contributed by atoms with Crippen LogP contribution in [0.1, 0.15) is 55.6 Å². The maximum absolute atomic E-state index is 10.6. The average molecular weight is 760 g/mol. The predicted molar refractivity (Wildman–Crippen MR) is 162 cm³/mol. The van der Waals surface area contributed by atoms with Gasteiger partial charge in [0.25, 0.3) is 0 Å². The topological polar surface area (TPSA) is 175 Å². The summed E-state index contributed by atoms with van der Waals surface area (Å²) in [6.45, 7) is 11.4. The number of halogens is 9. The number of alkyl halides is 9. The third kappa shape index (κ3) is 12.3. The Morgan fingerprint density at radius 2 is 1.25 bits per heavy atom. The molecule has 1 spiro atoms. The number of rotatable bonds is 4. The van der Waals surface area contributed by atoms with E-state index < -0.39 is 36.4 Å². The molecule has 3 N–H and O–H groups in total. The number of carbonyl (C=O) groups is 3. The molecule has 13 nitrogen and oxygen atoms in total. The summed E-state index contributed by atoms with van der Waals surface area (Å²) in [5.41, 5.74) is 3.91. The van der Waals surface area contributed by atoms with E-state index in [1.165, 1.54) is 11.4 Å². The van der Waals surface area contributed by atoms with Crippen LogP contribution in [0, 0.1) is 6.92 Å². The van der Waals surface area contributed by atoms with Crippen molar-refractivity contribution < 1.29 is 69.2 Å². The largest absolute Gasteiger partial charge is 0.490 e. The maximum Gasteiger partial charge on any atom is 0.490 e. The van der Waals surface area contributed by atoms with Crippen molar-refractivity contribution in [1.29, 1.82) is 0 Å². The fourth-order valence-corrected chi connectivity index (χ4v) is 5.44. The summed E-state index contributed by atoms with van der Waals surface area (Å²) in [7, 11) is 0. The highest BCUT2D eigenvalue weighted by molar-refractivity contribution is 5.73. The normalized spacial score (nSPS) is 15.6. The van der Waals surface area contributed by atoms with Crippen LogP contribution in [0.25, 0.3) is 0 Å². The van der Waals surface area contributed by atoms with E-state index in [0.29, 0.717) is 6.04 Å². The maximum atomic E-state index is 10.6. The van der Waals surface area contributed by atoms with Gasteiger partial charge >= 0.3 is 36.4 Å². The highest BCUT2D eigenvalue weighted by atomic mass is 19.4. The molecule has 1 saturated heterocycles. The summed E-state index contributed by atoms with van der Waals surface area (Å²) in [6.07, 6.45) is -7.58. The number of aromatic nitrogens is 5. The molecule has 0 radical (unpaired) electrons. The zero-order chi connectivity index (χ0) is 39.7. The summed E-state index contributed by atoms with van der Waals surface area (Å²) in [4.78, 5) is 50.3. The van der Waals surface area contributed by atoms with Crippen LogP contribution in [0.2, 0.25) is 0 Å². The summed E-state index contributed by atoms with van der Waals surface area (Å²) < 4.78 is 97.6. The van der Waals surface area contributed by atoms with Gasteiger partial charge in [0.05, 0.1) is 17.1 Å². The van der Waals surface area contributed by atoms with E-state index >= 15 is 0 Å². The van der Waals surface area contributed by atoms with E-state index in [2.05, 4.69) is 62.2 Å². The standard InChI is InChI=1S/C24H31N7.3C2HF3O2/c1-18(2)31-19(3)28-22-21(31)16-29(15-20-7-4-5-10-25-20)17-24(22)8-13-30(14-9-24)23-26-11-6-12-27-23;3*3-2(4,5)1(6)7/h4-7,10-12,18H,8-9,13-17H2,1-3H3;3*(H,6,7). The number of carboxylic acids is 3. The molecule has 0 atom stereocenters. The van der Waals surface area contributed by atoms with E-state index in [9.17, 15) is 39.5 Å². The van der Waals surface area contributed by atoms with Gasteiger partial charge < -0.3 is 24.8 Å². The van der Waals surface area contributed by atoms with E-state index in [0.717, 1.165) is 63.0 Å². The van der Waals surface area contributed by atoms with Crippen molar-refractivity contribution in [3.05, 3.63) is 65.8 Å². The van der Waals surface area contributed by atoms with Gasteiger partial charge in [0.15, 0.2) is 0 Å². The fraction of sp³-hybridized carbons (Fsp3) is 0.500. The molecule has 0 aromatic carbocycles. The van der Waals surface area contributed by atoms with Gasteiger partial charge in [-0.3, -0.25) is 9.88 Å². The monoisotopic (exact) mass is 759 g/mol. The predicted octanol–water partition coefficient (Wildman–Crippen LogP) is 5.41. The Morgan fingerprint density at radius 3 is 1.65 bits per heavy atom. The molecule has 0 unspecified atom stereocenters. The number of piperidine rings is 1. The van der Waals surface area contributed by atoms with Crippen molar-refractivity contribution in [3.63, 3.8) is 0 Å². The first-order chi connectivity index (χ1) is 23.9. The molecule has 3 aromatic rings. The van der Waals surface area contributed by atoms with Crippen molar-refractivity contribution in [2.75, 3.05) is 24.5 Å². The molecule has 0 amide bonds. The van der Waals surface area contributed by atoms with Crippen molar-refractivity contribution >= 4 is 23.9 Å². The van der Waals surface area contributed by atoms with Crippen LogP contribution in [-0.2, 0) is 32.9 Å². The van der Waals surface area contributed by atoms with Gasteiger partial charge in [-0.05, 0) is 51.8 Å². The lowest BCUT2D eigenvalue weighted by Gasteiger charge is -2.47. The number of hydrogen-bond acceptors (Lipinski definition) is 9. The first-order valence-corrected chi connectivity index (χ1v) is 15.0. The second-order valence-electron chi connectivity index (χ2n) is 11.6. The first kappa shape index (κ1) is 43.1. The van der Waals surface area contributed by atoms with E-state index in [4.69, 9.17) is 34.7 Å². The van der Waals surface area contributed by atoms with Crippen LogP contribution in [0.3, 0.4) is 0 Å². The number of carboxylic acid groups (broad SMARTS) is 3. The van der Waals surface area contributed by atoms with Gasteiger partial charge in [-0.2, -0.15) is 39.5 Å². The van der Waals surface area contributed by atoms with E-state index in [1.54, 1.807) is 0 Å². The van der Waals surface area contributed by atoms with Crippen LogP contribution < -0.4 is 4.90 Å². The summed E-state index contributed by atoms with van der Waals surface area (Å²) >= 11 is 0. The van der Waals surface area contributed by atoms with Gasteiger partial charge in [0, 0.05) is 62.8 Å². The summed E-state index contributed by atoms with van der Waals surface area (Å²) in [5.74, 6) is -6.30. The molecular weight excluding hydrogens is 725 g/mol. The minimum Gasteiger partial charge on any atom is -0.475 e. The molecule has 2 aliphatic rings. The SMILES string of the molecule is Cc1nc2c(n1C(C)C)CN(Cc1ccccn1)CC21CCN(c2ncccn2)CC1.O=C(O)C(F)(F)F.O=C(O)C(F)(F)F.O=C(O)C(F)(F)F. The lowest BCUT2D eigenvalue weighted by molar-refractivity contribution is -0.193. The fourth-order valence-electron chi connectivity index (χ4n) is 5.44. The lowest BCUT2D eigenvalue weighted by Crippen LogP contribution is -2.52. The van der Waals surface area contributed by atoms with Crippen molar-refractivity contribution in [2.24, 2.45) is 0 Å². The zero-order valence-electron chi connectivity index (χ0n) is 27.7. The molecule has 52 heavy (non-hydrogen) atoms. The van der Waals surface area contributed by atoms with Crippen LogP contribution >= 0.6 is 0 Å². The van der Waals surface area contributed by atoms with Crippen molar-refractivity contribution in [1.82, 2.24) is 29.4 Å². The Morgan fingerprint density at radius 1 is 0.788 bits per heavy atom. The number of anilines is 1. The highest BCUT2D eigenvalue weighted by Gasteiger charge is 2.46. The second kappa shape index (κ2) is 17.5. The van der Waals surface area contributed by atoms with E-state index in [1.807, 2.05) is 30.7 Å². The third-order valence-corrected chi connectivity index (χ3v) is 7.50. The Kier molecular flexibility index (Phi) is 14.5. The number of fused-ring (bicyclic) bond motifs is 2. The molecule has 0 bridgehead atoms. The number of aryl methyl sites for hydroxylation is 1. The van der Waals surface area contributed by atoms with Crippen molar-refractivity contribution in [3.8, 4) is 0 Å². The molecule has 288 valence electrons. The molecule has 3 aromatic heterocycles. The molecule has 5 heterocycles. The van der Waals surface area contributed by atoms with Gasteiger partial charge in [0.1, 0.15) is 5.82 Å². The molecule has 1 fully saturated rings. The number of pyridine rings is 1. The second-order valence-corrected chi connectivity index (χ2v) is 11.6. The van der Waals surface area contributed by atoms with Crippen LogP contribution in [0.15, 0.2) is 42.9 Å². The van der Waals surface area contributed by atoms with Crippen LogP contribution in [0.5, 0.6) is 0 Å². The number of imidazole rings is 1. The van der Waals surface area contributed by atoms with Gasteiger partial charge in [-0.15, -0.1) is 0 Å². The Hall–Kier alpha value is -5.02. The molecule has 5 rings (SSSR count).